The number of nitrogens with one attached hydrogen (secondary N) is 4. The fourth-order valence-corrected chi connectivity index (χ4v) is 7.30. The van der Waals surface area contributed by atoms with Crippen molar-refractivity contribution >= 4 is 67.6 Å². The SMILES string of the molecule is O=C(O)c1cc2c3c(ccc2[nH]1)N(C(=O)c1cc2c4c(ccc2[nH]1)N(C(=O)c1cc2c5c(ccc2[nH]1)NCC5)CC4)CC3. The number of carbonyl (C=O) groups excluding carboxylic acids is 2. The minimum Gasteiger partial charge on any atom is -0.477 e. The lowest BCUT2D eigenvalue weighted by Crippen LogP contribution is -2.29. The highest BCUT2D eigenvalue weighted by Crippen LogP contribution is 2.39. The molecule has 6 heterocycles. The third kappa shape index (κ3) is 3.37. The first-order valence-electron chi connectivity index (χ1n) is 14.5. The molecule has 10 heteroatoms. The van der Waals surface area contributed by atoms with Gasteiger partial charge in [0.15, 0.2) is 0 Å². The molecule has 0 aliphatic carbocycles. The molecular formula is C33H26N6O4. The minimum absolute atomic E-state index is 0.0587. The van der Waals surface area contributed by atoms with Crippen LogP contribution in [0.5, 0.6) is 0 Å². The number of nitrogens with zero attached hydrogens (tertiary/aromatic N) is 2. The van der Waals surface area contributed by atoms with Gasteiger partial charge in [-0.05, 0) is 90.6 Å². The topological polar surface area (TPSA) is 137 Å². The second-order valence-corrected chi connectivity index (χ2v) is 11.5. The van der Waals surface area contributed by atoms with Crippen molar-refractivity contribution in [2.24, 2.45) is 0 Å². The number of amides is 2. The quantitative estimate of drug-likeness (QED) is 0.199. The Morgan fingerprint density at radius 3 is 1.65 bits per heavy atom. The number of carbonyl (C=O) groups is 3. The molecule has 0 fully saturated rings. The van der Waals surface area contributed by atoms with Gasteiger partial charge in [-0.1, -0.05) is 0 Å². The number of anilines is 3. The van der Waals surface area contributed by atoms with Crippen LogP contribution in [-0.2, 0) is 19.3 Å². The third-order valence-corrected chi connectivity index (χ3v) is 9.32. The van der Waals surface area contributed by atoms with Crippen LogP contribution in [0.3, 0.4) is 0 Å². The summed E-state index contributed by atoms with van der Waals surface area (Å²) in [6, 6.07) is 17.2. The molecule has 6 aromatic rings. The maximum Gasteiger partial charge on any atom is 0.352 e. The lowest BCUT2D eigenvalue weighted by molar-refractivity contribution is 0.0691. The zero-order valence-corrected chi connectivity index (χ0v) is 23.0. The molecule has 9 rings (SSSR count). The Labute approximate surface area is 244 Å². The Hall–Kier alpha value is -5.51. The largest absolute Gasteiger partial charge is 0.477 e. The zero-order chi connectivity index (χ0) is 29.0. The Bertz CT molecular complexity index is 2220. The van der Waals surface area contributed by atoms with E-state index in [-0.39, 0.29) is 17.5 Å². The maximum absolute atomic E-state index is 13.8. The molecule has 10 nitrogen and oxygen atoms in total. The van der Waals surface area contributed by atoms with Crippen molar-refractivity contribution in [3.05, 3.63) is 88.4 Å². The van der Waals surface area contributed by atoms with Gasteiger partial charge in [0, 0.05) is 69.4 Å². The molecule has 2 amide bonds. The van der Waals surface area contributed by atoms with Crippen molar-refractivity contribution in [3.63, 3.8) is 0 Å². The lowest BCUT2D eigenvalue weighted by atomic mass is 10.1. The maximum atomic E-state index is 13.8. The number of benzene rings is 3. The predicted molar refractivity (Wildman–Crippen MR) is 165 cm³/mol. The summed E-state index contributed by atoms with van der Waals surface area (Å²) < 4.78 is 0. The number of fused-ring (bicyclic) bond motifs is 9. The highest BCUT2D eigenvalue weighted by Gasteiger charge is 2.32. The molecular weight excluding hydrogens is 544 g/mol. The van der Waals surface area contributed by atoms with Crippen LogP contribution in [0, 0.1) is 0 Å². The van der Waals surface area contributed by atoms with Crippen LogP contribution in [0.25, 0.3) is 32.7 Å². The number of aromatic amines is 3. The zero-order valence-electron chi connectivity index (χ0n) is 23.0. The normalized spacial score (nSPS) is 15.3. The number of carboxylic acids is 1. The number of hydrogen-bond donors (Lipinski definition) is 5. The van der Waals surface area contributed by atoms with E-state index in [2.05, 4.69) is 26.3 Å². The van der Waals surface area contributed by atoms with Crippen LogP contribution in [-0.4, -0.2) is 57.5 Å². The molecule has 3 aromatic heterocycles. The Morgan fingerprint density at radius 1 is 0.605 bits per heavy atom. The summed E-state index contributed by atoms with van der Waals surface area (Å²) in [6.07, 6.45) is 2.30. The molecule has 3 aromatic carbocycles. The van der Waals surface area contributed by atoms with Gasteiger partial charge in [0.25, 0.3) is 11.8 Å². The third-order valence-electron chi connectivity index (χ3n) is 9.32. The van der Waals surface area contributed by atoms with Crippen molar-refractivity contribution in [3.8, 4) is 0 Å². The van der Waals surface area contributed by atoms with Gasteiger partial charge in [0.05, 0.1) is 0 Å². The van der Waals surface area contributed by atoms with Crippen molar-refractivity contribution in [2.45, 2.75) is 19.3 Å². The first-order chi connectivity index (χ1) is 20.9. The molecule has 3 aliphatic heterocycles. The van der Waals surface area contributed by atoms with E-state index in [4.69, 9.17) is 0 Å². The minimum atomic E-state index is -1.01. The molecule has 0 saturated heterocycles. The summed E-state index contributed by atoms with van der Waals surface area (Å²) in [6.45, 7) is 2.00. The summed E-state index contributed by atoms with van der Waals surface area (Å²) in [7, 11) is 0. The summed E-state index contributed by atoms with van der Waals surface area (Å²) in [5.41, 5.74) is 9.86. The van der Waals surface area contributed by atoms with Crippen molar-refractivity contribution in [1.29, 1.82) is 0 Å². The van der Waals surface area contributed by atoms with Crippen LogP contribution in [0.2, 0.25) is 0 Å². The van der Waals surface area contributed by atoms with E-state index in [1.807, 2.05) is 47.4 Å². The molecule has 5 N–H and O–H groups in total. The predicted octanol–water partition coefficient (Wildman–Crippen LogP) is 5.20. The molecule has 0 spiro atoms. The first kappa shape index (κ1) is 24.1. The Balaban J connectivity index is 1.03. The van der Waals surface area contributed by atoms with Crippen molar-refractivity contribution in [1.82, 2.24) is 15.0 Å². The number of hydrogen-bond acceptors (Lipinski definition) is 4. The molecule has 0 atom stereocenters. The molecule has 3 aliphatic rings. The number of rotatable bonds is 3. The van der Waals surface area contributed by atoms with Gasteiger partial charge >= 0.3 is 5.97 Å². The van der Waals surface area contributed by atoms with Crippen LogP contribution in [0.4, 0.5) is 17.1 Å². The number of aromatic nitrogens is 3. The smallest absolute Gasteiger partial charge is 0.352 e. The van der Waals surface area contributed by atoms with Crippen molar-refractivity contribution in [2.75, 3.05) is 34.8 Å². The van der Waals surface area contributed by atoms with Gasteiger partial charge in [-0.15, -0.1) is 0 Å². The Morgan fingerprint density at radius 2 is 1.09 bits per heavy atom. The van der Waals surface area contributed by atoms with Gasteiger partial charge in [-0.2, -0.15) is 0 Å². The van der Waals surface area contributed by atoms with Gasteiger partial charge < -0.3 is 35.2 Å². The average Bonchev–Trinajstić information content (AvgIpc) is 3.84. The molecule has 0 bridgehead atoms. The van der Waals surface area contributed by atoms with Crippen molar-refractivity contribution < 1.29 is 19.5 Å². The van der Waals surface area contributed by atoms with Gasteiger partial charge in [-0.25, -0.2) is 4.79 Å². The van der Waals surface area contributed by atoms with Crippen LogP contribution >= 0.6 is 0 Å². The standard InChI is InChI=1S/C33H26N6O4/c40-31(26-13-19-16-7-10-34-22(16)1-2-23(19)35-26)38-11-8-17-20-14-27(36-24(20)3-5-29(17)38)32(41)39-12-9-18-21-15-28(33(42)43)37-25(21)4-6-30(18)39/h1-6,13-15,34-37H,7-12H2,(H,42,43). The van der Waals surface area contributed by atoms with Crippen LogP contribution < -0.4 is 15.1 Å². The fraction of sp³-hybridized carbons (Fsp3) is 0.182. The number of carboxylic acid groups (broad SMARTS) is 1. The molecule has 0 saturated carbocycles. The lowest BCUT2D eigenvalue weighted by Gasteiger charge is -2.16. The summed E-state index contributed by atoms with van der Waals surface area (Å²) in [5.74, 6) is -1.21. The monoisotopic (exact) mass is 570 g/mol. The molecule has 0 radical (unpaired) electrons. The van der Waals surface area contributed by atoms with E-state index in [1.54, 1.807) is 11.0 Å². The van der Waals surface area contributed by atoms with Gasteiger partial charge in [-0.3, -0.25) is 9.59 Å². The fourth-order valence-electron chi connectivity index (χ4n) is 7.30. The summed E-state index contributed by atoms with van der Waals surface area (Å²) in [4.78, 5) is 52.2. The van der Waals surface area contributed by atoms with Gasteiger partial charge in [0.2, 0.25) is 0 Å². The van der Waals surface area contributed by atoms with E-state index in [9.17, 15) is 19.5 Å². The second kappa shape index (κ2) is 8.51. The van der Waals surface area contributed by atoms with E-state index >= 15 is 0 Å². The Kier molecular flexibility index (Phi) is 4.77. The molecule has 0 unspecified atom stereocenters. The molecule has 43 heavy (non-hydrogen) atoms. The second-order valence-electron chi connectivity index (χ2n) is 11.5. The van der Waals surface area contributed by atoms with E-state index < -0.39 is 5.97 Å². The van der Waals surface area contributed by atoms with Gasteiger partial charge in [0.1, 0.15) is 17.1 Å². The van der Waals surface area contributed by atoms with Crippen LogP contribution in [0.1, 0.15) is 48.2 Å². The van der Waals surface area contributed by atoms with E-state index in [0.717, 1.165) is 73.9 Å². The molecule has 212 valence electrons. The average molecular weight is 571 g/mol. The summed E-state index contributed by atoms with van der Waals surface area (Å²) in [5, 5.41) is 15.7. The van der Waals surface area contributed by atoms with E-state index in [0.29, 0.717) is 37.3 Å². The highest BCUT2D eigenvalue weighted by molar-refractivity contribution is 6.13. The summed E-state index contributed by atoms with van der Waals surface area (Å²) >= 11 is 0. The number of H-pyrrole nitrogens is 3. The van der Waals surface area contributed by atoms with E-state index in [1.165, 1.54) is 5.56 Å². The van der Waals surface area contributed by atoms with Crippen LogP contribution in [0.15, 0.2) is 54.6 Å². The first-order valence-corrected chi connectivity index (χ1v) is 14.5. The number of aromatic carboxylic acids is 1. The highest BCUT2D eigenvalue weighted by atomic mass is 16.4.